The van der Waals surface area contributed by atoms with Crippen LogP contribution in [-0.4, -0.2) is 17.4 Å². The number of nitrogens with zero attached hydrogens (tertiary/aromatic N) is 1. The predicted octanol–water partition coefficient (Wildman–Crippen LogP) is 4.24. The smallest absolute Gasteiger partial charge is 0.254 e. The van der Waals surface area contributed by atoms with Gasteiger partial charge in [0.15, 0.2) is 0 Å². The SMILES string of the molecule is Cc1ccc(Sc2ncccc2C(=O)NCC(C)C)cc1C. The number of carbonyl (C=O) groups excluding carboxylic acids is 1. The number of rotatable bonds is 5. The summed E-state index contributed by atoms with van der Waals surface area (Å²) in [6.45, 7) is 9.01. The molecule has 1 aromatic carbocycles. The Hall–Kier alpha value is -1.81. The van der Waals surface area contributed by atoms with Gasteiger partial charge in [0.25, 0.3) is 5.91 Å². The van der Waals surface area contributed by atoms with Crippen LogP contribution in [0.4, 0.5) is 0 Å². The minimum atomic E-state index is -0.0619. The molecule has 1 aromatic heterocycles. The quantitative estimate of drug-likeness (QED) is 0.897. The van der Waals surface area contributed by atoms with Crippen molar-refractivity contribution in [3.63, 3.8) is 0 Å². The largest absolute Gasteiger partial charge is 0.352 e. The number of amides is 1. The second-order valence-electron chi connectivity index (χ2n) is 5.81. The first-order valence-corrected chi connectivity index (χ1v) is 8.27. The maximum atomic E-state index is 12.3. The molecule has 1 heterocycles. The monoisotopic (exact) mass is 314 g/mol. The van der Waals surface area contributed by atoms with E-state index in [1.807, 2.05) is 6.07 Å². The normalized spacial score (nSPS) is 10.8. The molecule has 2 rings (SSSR count). The number of pyridine rings is 1. The van der Waals surface area contributed by atoms with Crippen LogP contribution in [0.1, 0.15) is 35.3 Å². The summed E-state index contributed by atoms with van der Waals surface area (Å²) in [6, 6.07) is 9.92. The molecular formula is C18H22N2OS. The highest BCUT2D eigenvalue weighted by Gasteiger charge is 2.13. The standard InChI is InChI=1S/C18H22N2OS/c1-12(2)11-20-17(21)16-6-5-9-19-18(16)22-15-8-7-13(3)14(4)10-15/h5-10,12H,11H2,1-4H3,(H,20,21). The Labute approximate surface area is 136 Å². The molecule has 3 nitrogen and oxygen atoms in total. The molecule has 0 aliphatic heterocycles. The number of hydrogen-bond donors (Lipinski definition) is 1. The van der Waals surface area contributed by atoms with Crippen LogP contribution in [-0.2, 0) is 0 Å². The molecule has 0 bridgehead atoms. The van der Waals surface area contributed by atoms with Crippen molar-refractivity contribution >= 4 is 17.7 Å². The third-order valence-corrected chi connectivity index (χ3v) is 4.39. The second-order valence-corrected chi connectivity index (χ2v) is 6.87. The lowest BCUT2D eigenvalue weighted by Crippen LogP contribution is -2.27. The minimum absolute atomic E-state index is 0.0619. The fourth-order valence-corrected chi connectivity index (χ4v) is 2.91. The average Bonchev–Trinajstić information content (AvgIpc) is 2.49. The van der Waals surface area contributed by atoms with Crippen LogP contribution in [0.3, 0.4) is 0 Å². The topological polar surface area (TPSA) is 42.0 Å². The van der Waals surface area contributed by atoms with Crippen molar-refractivity contribution in [2.24, 2.45) is 5.92 Å². The van der Waals surface area contributed by atoms with Gasteiger partial charge in [-0.05, 0) is 55.2 Å². The van der Waals surface area contributed by atoms with Crippen LogP contribution in [0.15, 0.2) is 46.5 Å². The number of aryl methyl sites for hydroxylation is 2. The van der Waals surface area contributed by atoms with Gasteiger partial charge in [0.2, 0.25) is 0 Å². The summed E-state index contributed by atoms with van der Waals surface area (Å²) in [5.41, 5.74) is 3.14. The first kappa shape index (κ1) is 16.6. The molecule has 22 heavy (non-hydrogen) atoms. The highest BCUT2D eigenvalue weighted by atomic mass is 32.2. The van der Waals surface area contributed by atoms with Gasteiger partial charge < -0.3 is 5.32 Å². The van der Waals surface area contributed by atoms with Gasteiger partial charge >= 0.3 is 0 Å². The maximum Gasteiger partial charge on any atom is 0.254 e. The molecule has 1 amide bonds. The fourth-order valence-electron chi connectivity index (χ4n) is 1.93. The molecule has 0 unspecified atom stereocenters. The molecule has 0 spiro atoms. The minimum Gasteiger partial charge on any atom is -0.352 e. The Morgan fingerprint density at radius 2 is 2.00 bits per heavy atom. The molecule has 1 N–H and O–H groups in total. The molecule has 0 saturated heterocycles. The van der Waals surface area contributed by atoms with E-state index in [0.29, 0.717) is 18.0 Å². The van der Waals surface area contributed by atoms with Crippen molar-refractivity contribution in [2.75, 3.05) is 6.54 Å². The summed E-state index contributed by atoms with van der Waals surface area (Å²) < 4.78 is 0. The Balaban J connectivity index is 2.20. The molecule has 0 atom stereocenters. The molecule has 0 fully saturated rings. The summed E-state index contributed by atoms with van der Waals surface area (Å²) in [7, 11) is 0. The number of aromatic nitrogens is 1. The first-order valence-electron chi connectivity index (χ1n) is 7.45. The number of carbonyl (C=O) groups is 1. The van der Waals surface area contributed by atoms with E-state index in [4.69, 9.17) is 0 Å². The van der Waals surface area contributed by atoms with Crippen molar-refractivity contribution in [3.8, 4) is 0 Å². The summed E-state index contributed by atoms with van der Waals surface area (Å²) >= 11 is 1.53. The zero-order valence-corrected chi connectivity index (χ0v) is 14.3. The first-order chi connectivity index (χ1) is 10.5. The van der Waals surface area contributed by atoms with E-state index in [0.717, 1.165) is 9.92 Å². The van der Waals surface area contributed by atoms with E-state index >= 15 is 0 Å². The van der Waals surface area contributed by atoms with Gasteiger partial charge in [-0.1, -0.05) is 31.7 Å². The summed E-state index contributed by atoms with van der Waals surface area (Å²) in [5, 5.41) is 3.70. The lowest BCUT2D eigenvalue weighted by Gasteiger charge is -2.11. The van der Waals surface area contributed by atoms with E-state index in [9.17, 15) is 4.79 Å². The van der Waals surface area contributed by atoms with Crippen molar-refractivity contribution in [2.45, 2.75) is 37.6 Å². The van der Waals surface area contributed by atoms with Crippen molar-refractivity contribution in [1.82, 2.24) is 10.3 Å². The number of benzene rings is 1. The molecule has 0 aliphatic rings. The Kier molecular flexibility index (Phi) is 5.61. The summed E-state index contributed by atoms with van der Waals surface area (Å²) in [6.07, 6.45) is 1.72. The van der Waals surface area contributed by atoms with Gasteiger partial charge in [-0.25, -0.2) is 4.98 Å². The van der Waals surface area contributed by atoms with Crippen LogP contribution in [0.25, 0.3) is 0 Å². The van der Waals surface area contributed by atoms with E-state index < -0.39 is 0 Å². The van der Waals surface area contributed by atoms with Gasteiger partial charge in [-0.2, -0.15) is 0 Å². The summed E-state index contributed by atoms with van der Waals surface area (Å²) in [4.78, 5) is 17.8. The molecule has 0 radical (unpaired) electrons. The lowest BCUT2D eigenvalue weighted by molar-refractivity contribution is 0.0945. The van der Waals surface area contributed by atoms with Crippen molar-refractivity contribution in [3.05, 3.63) is 53.2 Å². The summed E-state index contributed by atoms with van der Waals surface area (Å²) in [5.74, 6) is 0.365. The lowest BCUT2D eigenvalue weighted by atomic mass is 10.1. The van der Waals surface area contributed by atoms with Crippen LogP contribution in [0.2, 0.25) is 0 Å². The van der Waals surface area contributed by atoms with Crippen LogP contribution in [0, 0.1) is 19.8 Å². The Morgan fingerprint density at radius 3 is 2.68 bits per heavy atom. The molecule has 4 heteroatoms. The van der Waals surface area contributed by atoms with Crippen LogP contribution in [0.5, 0.6) is 0 Å². The van der Waals surface area contributed by atoms with Crippen molar-refractivity contribution in [1.29, 1.82) is 0 Å². The van der Waals surface area contributed by atoms with E-state index in [2.05, 4.69) is 56.2 Å². The van der Waals surface area contributed by atoms with Gasteiger partial charge in [0.1, 0.15) is 5.03 Å². The molecule has 0 aliphatic carbocycles. The zero-order chi connectivity index (χ0) is 16.1. The van der Waals surface area contributed by atoms with Gasteiger partial charge in [0.05, 0.1) is 5.56 Å². The van der Waals surface area contributed by atoms with Gasteiger partial charge in [0, 0.05) is 17.6 Å². The van der Waals surface area contributed by atoms with E-state index in [1.54, 1.807) is 12.3 Å². The van der Waals surface area contributed by atoms with Crippen molar-refractivity contribution < 1.29 is 4.79 Å². The van der Waals surface area contributed by atoms with E-state index in [1.165, 1.54) is 22.9 Å². The molecule has 0 saturated carbocycles. The maximum absolute atomic E-state index is 12.3. The fraction of sp³-hybridized carbons (Fsp3) is 0.333. The predicted molar refractivity (Wildman–Crippen MR) is 91.4 cm³/mol. The van der Waals surface area contributed by atoms with Gasteiger partial charge in [-0.15, -0.1) is 0 Å². The zero-order valence-electron chi connectivity index (χ0n) is 13.5. The third-order valence-electron chi connectivity index (χ3n) is 3.38. The Morgan fingerprint density at radius 1 is 1.23 bits per heavy atom. The second kappa shape index (κ2) is 7.45. The Bertz CT molecular complexity index is 668. The highest BCUT2D eigenvalue weighted by molar-refractivity contribution is 7.99. The van der Waals surface area contributed by atoms with Crippen LogP contribution >= 0.6 is 11.8 Å². The van der Waals surface area contributed by atoms with Gasteiger partial charge in [-0.3, -0.25) is 4.79 Å². The number of hydrogen-bond acceptors (Lipinski definition) is 3. The highest BCUT2D eigenvalue weighted by Crippen LogP contribution is 2.29. The van der Waals surface area contributed by atoms with Crippen LogP contribution < -0.4 is 5.32 Å². The average molecular weight is 314 g/mol. The molecule has 116 valence electrons. The van der Waals surface area contributed by atoms with E-state index in [-0.39, 0.29) is 5.91 Å². The molecular weight excluding hydrogens is 292 g/mol. The third kappa shape index (κ3) is 4.34. The number of nitrogens with one attached hydrogen (secondary N) is 1. The molecule has 2 aromatic rings.